The maximum absolute atomic E-state index is 12.1. The maximum atomic E-state index is 12.1. The third-order valence-corrected chi connectivity index (χ3v) is 4.51. The zero-order valence-corrected chi connectivity index (χ0v) is 11.7. The smallest absolute Gasteiger partial charge is 0.237 e. The van der Waals surface area contributed by atoms with Crippen LogP contribution in [-0.4, -0.2) is 49.6 Å². The summed E-state index contributed by atoms with van der Waals surface area (Å²) in [7, 11) is 2.08. The number of amides is 1. The van der Waals surface area contributed by atoms with E-state index in [1.807, 2.05) is 0 Å². The maximum Gasteiger partial charge on any atom is 0.237 e. The van der Waals surface area contributed by atoms with Crippen LogP contribution < -0.4 is 10.6 Å². The Hall–Kier alpha value is -0.610. The Balaban J connectivity index is 1.70. The minimum Gasteiger partial charge on any atom is -0.353 e. The summed E-state index contributed by atoms with van der Waals surface area (Å²) in [6.07, 6.45) is 6.27. The van der Waals surface area contributed by atoms with Gasteiger partial charge in [0, 0.05) is 19.1 Å². The van der Waals surface area contributed by atoms with Crippen LogP contribution in [0.5, 0.6) is 0 Å². The molecule has 0 aromatic carbocycles. The lowest BCUT2D eigenvalue weighted by Gasteiger charge is -2.24. The Bertz CT molecular complexity index is 268. The molecule has 1 aliphatic carbocycles. The monoisotopic (exact) mass is 253 g/mol. The van der Waals surface area contributed by atoms with Gasteiger partial charge in [0.15, 0.2) is 0 Å². The summed E-state index contributed by atoms with van der Waals surface area (Å²) in [5, 5.41) is 6.58. The van der Waals surface area contributed by atoms with Crippen LogP contribution in [0, 0.1) is 5.92 Å². The van der Waals surface area contributed by atoms with Crippen LogP contribution in [0.4, 0.5) is 0 Å². The van der Waals surface area contributed by atoms with Gasteiger partial charge in [0.1, 0.15) is 0 Å². The fraction of sp³-hybridized carbons (Fsp3) is 0.929. The van der Waals surface area contributed by atoms with Gasteiger partial charge in [-0.1, -0.05) is 19.8 Å². The minimum atomic E-state index is 0.0602. The number of fused-ring (bicyclic) bond motifs is 1. The lowest BCUT2D eigenvalue weighted by molar-refractivity contribution is -0.122. The number of rotatable bonds is 5. The van der Waals surface area contributed by atoms with Crippen molar-refractivity contribution in [2.45, 2.75) is 51.1 Å². The van der Waals surface area contributed by atoms with Crippen LogP contribution in [-0.2, 0) is 4.79 Å². The molecule has 4 nitrogen and oxygen atoms in total. The summed E-state index contributed by atoms with van der Waals surface area (Å²) >= 11 is 0. The normalized spacial score (nSPS) is 31.4. The molecule has 2 fully saturated rings. The molecule has 0 aromatic heterocycles. The van der Waals surface area contributed by atoms with E-state index in [0.717, 1.165) is 32.0 Å². The molecule has 1 saturated heterocycles. The lowest BCUT2D eigenvalue weighted by Crippen LogP contribution is -2.44. The van der Waals surface area contributed by atoms with Crippen molar-refractivity contribution in [2.24, 2.45) is 5.92 Å². The van der Waals surface area contributed by atoms with Gasteiger partial charge in [-0.15, -0.1) is 0 Å². The Morgan fingerprint density at radius 2 is 2.17 bits per heavy atom. The van der Waals surface area contributed by atoms with Gasteiger partial charge < -0.3 is 15.5 Å². The molecular weight excluding hydrogens is 226 g/mol. The van der Waals surface area contributed by atoms with Crippen molar-refractivity contribution in [2.75, 3.05) is 26.7 Å². The summed E-state index contributed by atoms with van der Waals surface area (Å²) in [4.78, 5) is 14.3. The van der Waals surface area contributed by atoms with E-state index < -0.39 is 0 Å². The summed E-state index contributed by atoms with van der Waals surface area (Å²) in [6.45, 7) is 4.85. The van der Waals surface area contributed by atoms with Crippen LogP contribution >= 0.6 is 0 Å². The fourth-order valence-corrected chi connectivity index (χ4v) is 3.17. The standard InChI is InChI=1S/C14H27N3O/c1-3-17(2)9-8-15-14(18)13-10-11-6-4-5-7-12(11)16-13/h11-13,16H,3-10H2,1-2H3,(H,15,18). The molecule has 1 amide bonds. The molecule has 2 rings (SSSR count). The van der Waals surface area contributed by atoms with Crippen molar-refractivity contribution in [1.82, 2.24) is 15.5 Å². The van der Waals surface area contributed by atoms with E-state index in [4.69, 9.17) is 0 Å². The number of hydrogen-bond donors (Lipinski definition) is 2. The van der Waals surface area contributed by atoms with Gasteiger partial charge in [-0.25, -0.2) is 0 Å². The average molecular weight is 253 g/mol. The van der Waals surface area contributed by atoms with Gasteiger partial charge in [-0.05, 0) is 38.8 Å². The zero-order chi connectivity index (χ0) is 13.0. The van der Waals surface area contributed by atoms with Crippen molar-refractivity contribution in [3.8, 4) is 0 Å². The van der Waals surface area contributed by atoms with Gasteiger partial charge in [0.2, 0.25) is 5.91 Å². The average Bonchev–Trinajstić information content (AvgIpc) is 2.82. The molecule has 4 heteroatoms. The predicted octanol–water partition coefficient (Wildman–Crippen LogP) is 0.975. The first kappa shape index (κ1) is 13.8. The molecule has 0 radical (unpaired) electrons. The highest BCUT2D eigenvalue weighted by Gasteiger charge is 2.37. The predicted molar refractivity (Wildman–Crippen MR) is 73.5 cm³/mol. The number of nitrogens with one attached hydrogen (secondary N) is 2. The van der Waals surface area contributed by atoms with Crippen molar-refractivity contribution in [3.63, 3.8) is 0 Å². The number of carbonyl (C=O) groups excluding carboxylic acids is 1. The van der Waals surface area contributed by atoms with Gasteiger partial charge in [-0.2, -0.15) is 0 Å². The zero-order valence-electron chi connectivity index (χ0n) is 11.7. The third-order valence-electron chi connectivity index (χ3n) is 4.51. The highest BCUT2D eigenvalue weighted by molar-refractivity contribution is 5.82. The number of carbonyl (C=O) groups is 1. The summed E-state index contributed by atoms with van der Waals surface area (Å²) < 4.78 is 0. The van der Waals surface area contributed by atoms with Crippen LogP contribution in [0.25, 0.3) is 0 Å². The van der Waals surface area contributed by atoms with Gasteiger partial charge in [-0.3, -0.25) is 4.79 Å². The molecule has 1 aliphatic heterocycles. The molecule has 1 saturated carbocycles. The van der Waals surface area contributed by atoms with Gasteiger partial charge in [0.05, 0.1) is 6.04 Å². The molecule has 18 heavy (non-hydrogen) atoms. The summed E-state index contributed by atoms with van der Waals surface area (Å²) in [5.41, 5.74) is 0. The second-order valence-electron chi connectivity index (χ2n) is 5.79. The third kappa shape index (κ3) is 3.45. The van der Waals surface area contributed by atoms with E-state index in [2.05, 4.69) is 29.5 Å². The van der Waals surface area contributed by atoms with E-state index in [-0.39, 0.29) is 11.9 Å². The second kappa shape index (κ2) is 6.53. The molecular formula is C14H27N3O. The number of nitrogens with zero attached hydrogens (tertiary/aromatic N) is 1. The molecule has 104 valence electrons. The van der Waals surface area contributed by atoms with Gasteiger partial charge in [0.25, 0.3) is 0 Å². The minimum absolute atomic E-state index is 0.0602. The van der Waals surface area contributed by atoms with E-state index in [1.54, 1.807) is 0 Å². The molecule has 2 aliphatic rings. The molecule has 3 unspecified atom stereocenters. The van der Waals surface area contributed by atoms with Crippen LogP contribution in [0.15, 0.2) is 0 Å². The first-order chi connectivity index (χ1) is 8.70. The Labute approximate surface area is 110 Å². The van der Waals surface area contributed by atoms with Gasteiger partial charge >= 0.3 is 0 Å². The van der Waals surface area contributed by atoms with Crippen LogP contribution in [0.2, 0.25) is 0 Å². The first-order valence-electron chi connectivity index (χ1n) is 7.43. The SMILES string of the molecule is CCN(C)CCNC(=O)C1CC2CCCCC2N1. The Kier molecular flexibility index (Phi) is 5.01. The first-order valence-corrected chi connectivity index (χ1v) is 7.43. The van der Waals surface area contributed by atoms with Crippen molar-refractivity contribution < 1.29 is 4.79 Å². The molecule has 1 heterocycles. The molecule has 2 N–H and O–H groups in total. The molecule has 3 atom stereocenters. The fourth-order valence-electron chi connectivity index (χ4n) is 3.17. The lowest BCUT2D eigenvalue weighted by atomic mass is 9.85. The van der Waals surface area contributed by atoms with Crippen molar-refractivity contribution >= 4 is 5.91 Å². The largest absolute Gasteiger partial charge is 0.353 e. The van der Waals surface area contributed by atoms with Crippen LogP contribution in [0.3, 0.4) is 0 Å². The van der Waals surface area contributed by atoms with E-state index in [1.165, 1.54) is 25.7 Å². The quantitative estimate of drug-likeness (QED) is 0.767. The molecule has 0 aromatic rings. The topological polar surface area (TPSA) is 44.4 Å². The summed E-state index contributed by atoms with van der Waals surface area (Å²) in [6, 6.07) is 0.665. The van der Waals surface area contributed by atoms with E-state index in [9.17, 15) is 4.79 Å². The number of likely N-dealkylation sites (N-methyl/N-ethyl adjacent to an activating group) is 1. The van der Waals surface area contributed by atoms with Crippen LogP contribution in [0.1, 0.15) is 39.0 Å². The Morgan fingerprint density at radius 1 is 1.39 bits per heavy atom. The molecule has 0 bridgehead atoms. The number of hydrogen-bond acceptors (Lipinski definition) is 3. The summed E-state index contributed by atoms with van der Waals surface area (Å²) in [5.74, 6) is 0.946. The molecule has 0 spiro atoms. The highest BCUT2D eigenvalue weighted by Crippen LogP contribution is 2.33. The van der Waals surface area contributed by atoms with Crippen molar-refractivity contribution in [3.05, 3.63) is 0 Å². The Morgan fingerprint density at radius 3 is 2.89 bits per heavy atom. The van der Waals surface area contributed by atoms with Crippen molar-refractivity contribution in [1.29, 1.82) is 0 Å². The second-order valence-corrected chi connectivity index (χ2v) is 5.79. The van der Waals surface area contributed by atoms with E-state index >= 15 is 0 Å². The van der Waals surface area contributed by atoms with E-state index in [0.29, 0.717) is 6.04 Å². The highest BCUT2D eigenvalue weighted by atomic mass is 16.2.